The van der Waals surface area contributed by atoms with Crippen LogP contribution in [0.4, 0.5) is 0 Å². The molecule has 2 aromatic carbocycles. The van der Waals surface area contributed by atoms with Crippen molar-refractivity contribution in [2.45, 2.75) is 328 Å². The molecule has 0 amide bonds. The number of rotatable bonds is 48. The number of hydrogen-bond acceptors (Lipinski definition) is 8. The summed E-state index contributed by atoms with van der Waals surface area (Å²) in [7, 11) is -1.28. The Bertz CT molecular complexity index is 2150. The largest absolute Gasteiger partial charge is 0.748 e. The van der Waals surface area contributed by atoms with Gasteiger partial charge in [-0.3, -0.25) is 0 Å². The van der Waals surface area contributed by atoms with Gasteiger partial charge in [-0.2, -0.15) is 0 Å². The number of aliphatic hydroxyl groups is 1. The summed E-state index contributed by atoms with van der Waals surface area (Å²) in [6.07, 6.45) is 33.2. The molecule has 1 unspecified atom stereocenters. The molecule has 0 bridgehead atoms. The average molecular weight is 1460 g/mol. The highest BCUT2D eigenvalue weighted by Crippen LogP contribution is 2.29. The highest BCUT2D eigenvalue weighted by molar-refractivity contribution is 7.85. The van der Waals surface area contributed by atoms with Crippen LogP contribution < -0.4 is 15.5 Å². The van der Waals surface area contributed by atoms with Gasteiger partial charge in [-0.25, -0.2) is 8.42 Å². The highest BCUT2D eigenvalue weighted by atomic mass is 32.2. The maximum absolute atomic E-state index is 10.5. The third-order valence-corrected chi connectivity index (χ3v) is 31.3. The molecule has 562 valence electrons. The van der Waals surface area contributed by atoms with E-state index in [-0.39, 0.29) is 18.3 Å². The minimum Gasteiger partial charge on any atom is -0.748 e. The topological polar surface area (TPSA) is 136 Å². The lowest BCUT2D eigenvalue weighted by Crippen LogP contribution is -2.52. The molecule has 0 spiro atoms. The lowest BCUT2D eigenvalue weighted by molar-refractivity contribution is -0.890. The fourth-order valence-corrected chi connectivity index (χ4v) is 20.0. The minimum absolute atomic E-state index is 0.190. The number of carboxylic acid groups (broad SMARTS) is 1. The van der Waals surface area contributed by atoms with E-state index >= 15 is 0 Å². The van der Waals surface area contributed by atoms with Crippen LogP contribution in [-0.4, -0.2) is 174 Å². The lowest BCUT2D eigenvalue weighted by Gasteiger charge is -2.31. The van der Waals surface area contributed by atoms with Crippen molar-refractivity contribution in [3.8, 4) is 0 Å². The molecule has 0 heterocycles. The quantitative estimate of drug-likeness (QED) is 0.0299. The molecule has 1 N–H and O–H groups in total. The van der Waals surface area contributed by atoms with Crippen molar-refractivity contribution < 1.29 is 46.4 Å². The summed E-state index contributed by atoms with van der Waals surface area (Å²) in [4.78, 5) is 10.3. The molecule has 1 atom stereocenters. The van der Waals surface area contributed by atoms with E-state index in [0.29, 0.717) is 13.0 Å². The Morgan fingerprint density at radius 3 is 1.12 bits per heavy atom. The number of aliphatic carboxylic acids is 1. The second-order valence-electron chi connectivity index (χ2n) is 36.1. The third kappa shape index (κ3) is 76.9. The lowest BCUT2D eigenvalue weighted by atomic mass is 10.0. The number of carboxylic acids is 1. The Labute approximate surface area is 598 Å². The number of unbranched alkanes of at least 4 members (excludes halogenated alkanes) is 15. The van der Waals surface area contributed by atoms with E-state index in [2.05, 4.69) is 207 Å². The van der Waals surface area contributed by atoms with E-state index in [9.17, 15) is 28.0 Å². The number of nitrogens with zero attached hydrogens (tertiary/aromatic N) is 2. The van der Waals surface area contributed by atoms with Gasteiger partial charge in [0.15, 0.2) is 0 Å². The van der Waals surface area contributed by atoms with Crippen LogP contribution in [0.25, 0.3) is 0 Å². The number of benzene rings is 2. The Morgan fingerprint density at radius 1 is 0.474 bits per heavy atom. The van der Waals surface area contributed by atoms with Gasteiger partial charge in [0.25, 0.3) is 0 Å². The van der Waals surface area contributed by atoms with Crippen LogP contribution in [0, 0.1) is 5.92 Å². The van der Waals surface area contributed by atoms with Crippen molar-refractivity contribution in [3.63, 3.8) is 0 Å². The summed E-state index contributed by atoms with van der Waals surface area (Å²) in [5.41, 5.74) is 0. The fourth-order valence-electron chi connectivity index (χ4n) is 11.0. The molecule has 1 aliphatic carbocycles. The Morgan fingerprint density at radius 2 is 0.789 bits per heavy atom. The number of carbonyl (C=O) groups excluding carboxylic acids is 1. The molecule has 1 fully saturated rings. The SMILES string of the molecule is CCC(O)COCCC[Si](C)(C)C.CCCCCCCCCCCCCCCCCC[Si](C)(C)C.C[N+](C)(CCCC(=O)[O-])CCC[Si](C)(C)C.C[N+](C)(CCC[Si](C)(C)C)CCCS(=O)(=O)[O-].C[Si](C)(C)CCCOCC1CC1.C[Si](C)(c1ccccc1)c1ccccc1. The molecule has 0 saturated heterocycles. The van der Waals surface area contributed by atoms with Crippen LogP contribution in [0.5, 0.6) is 0 Å². The van der Waals surface area contributed by atoms with Crippen LogP contribution in [0.1, 0.15) is 181 Å². The van der Waals surface area contributed by atoms with Crippen LogP contribution in [0.2, 0.25) is 142 Å². The monoisotopic (exact) mass is 1460 g/mol. The average Bonchev–Trinajstić information content (AvgIpc) is 1.03. The van der Waals surface area contributed by atoms with Crippen molar-refractivity contribution >= 4 is 74.9 Å². The second kappa shape index (κ2) is 54.6. The second-order valence-corrected chi connectivity index (χ2v) is 70.2. The zero-order valence-corrected chi connectivity index (χ0v) is 74.1. The Kier molecular flexibility index (Phi) is 56.4. The predicted octanol–water partition coefficient (Wildman–Crippen LogP) is 19.8. The Hall–Kier alpha value is -1.08. The van der Waals surface area contributed by atoms with E-state index in [1.54, 1.807) is 0 Å². The van der Waals surface area contributed by atoms with Gasteiger partial charge in [0, 0.05) is 84.8 Å². The molecule has 10 nitrogen and oxygen atoms in total. The molecule has 1 saturated carbocycles. The fraction of sp³-hybridized carbons (Fsp3) is 0.833. The van der Waals surface area contributed by atoms with Crippen LogP contribution >= 0.6 is 0 Å². The molecule has 3 rings (SSSR count). The predicted molar refractivity (Wildman–Crippen MR) is 436 cm³/mol. The van der Waals surface area contributed by atoms with Crippen molar-refractivity contribution in [1.29, 1.82) is 0 Å². The first kappa shape index (κ1) is 98.1. The first-order valence-electron chi connectivity index (χ1n) is 38.6. The molecule has 17 heteroatoms. The third-order valence-electron chi connectivity index (χ3n) is 17.7. The molecule has 0 aliphatic heterocycles. The molecular formula is C78H162N2O8SSi6. The van der Waals surface area contributed by atoms with E-state index in [4.69, 9.17) is 9.47 Å². The normalized spacial score (nSPS) is 13.5. The number of ether oxygens (including phenoxy) is 2. The van der Waals surface area contributed by atoms with E-state index in [1.165, 1.54) is 175 Å². The van der Waals surface area contributed by atoms with Gasteiger partial charge in [0.1, 0.15) is 8.07 Å². The van der Waals surface area contributed by atoms with Crippen LogP contribution in [-0.2, 0) is 24.4 Å². The van der Waals surface area contributed by atoms with Crippen molar-refractivity contribution in [2.24, 2.45) is 5.92 Å². The first-order chi connectivity index (χ1) is 43.8. The summed E-state index contributed by atoms with van der Waals surface area (Å²) in [5, 5.41) is 22.5. The number of hydrogen-bond donors (Lipinski definition) is 1. The van der Waals surface area contributed by atoms with Gasteiger partial charge < -0.3 is 38.0 Å². The van der Waals surface area contributed by atoms with Gasteiger partial charge in [0.05, 0.1) is 77.2 Å². The van der Waals surface area contributed by atoms with Gasteiger partial charge in [-0.1, -0.05) is 329 Å². The summed E-state index contributed by atoms with van der Waals surface area (Å²) >= 11 is 0. The summed E-state index contributed by atoms with van der Waals surface area (Å²) in [6.45, 7) is 52.4. The zero-order chi connectivity index (χ0) is 73.2. The highest BCUT2D eigenvalue weighted by Gasteiger charge is 2.26. The zero-order valence-electron chi connectivity index (χ0n) is 67.3. The molecular weight excluding hydrogens is 1290 g/mol. The van der Waals surface area contributed by atoms with Gasteiger partial charge in [0.2, 0.25) is 0 Å². The van der Waals surface area contributed by atoms with E-state index in [1.807, 2.05) is 6.92 Å². The van der Waals surface area contributed by atoms with Crippen LogP contribution in [0.15, 0.2) is 60.7 Å². The van der Waals surface area contributed by atoms with Crippen molar-refractivity contribution in [1.82, 2.24) is 0 Å². The van der Waals surface area contributed by atoms with Crippen molar-refractivity contribution in [2.75, 3.05) is 86.6 Å². The summed E-state index contributed by atoms with van der Waals surface area (Å²) < 4.78 is 44.2. The Balaban J connectivity index is -0.00000108. The number of carbonyl (C=O) groups is 1. The molecule has 2 aromatic rings. The van der Waals surface area contributed by atoms with Gasteiger partial charge in [-0.05, 0) is 57.3 Å². The summed E-state index contributed by atoms with van der Waals surface area (Å²) in [6, 6.07) is 28.6. The van der Waals surface area contributed by atoms with Gasteiger partial charge >= 0.3 is 0 Å². The molecule has 95 heavy (non-hydrogen) atoms. The minimum atomic E-state index is -4.04. The summed E-state index contributed by atoms with van der Waals surface area (Å²) in [5.74, 6) is -0.234. The number of aliphatic hydroxyl groups excluding tert-OH is 1. The smallest absolute Gasteiger partial charge is 0.112 e. The maximum Gasteiger partial charge on any atom is 0.112 e. The van der Waals surface area contributed by atoms with E-state index in [0.717, 1.165) is 80.1 Å². The van der Waals surface area contributed by atoms with Gasteiger partial charge in [-0.15, -0.1) is 0 Å². The maximum atomic E-state index is 10.5. The first-order valence-corrected chi connectivity index (χ1v) is 61.7. The van der Waals surface area contributed by atoms with Crippen molar-refractivity contribution in [3.05, 3.63) is 60.7 Å². The molecule has 0 aromatic heterocycles. The molecule has 0 radical (unpaired) electrons. The standard InChI is InChI=1S/C21H46Si.C14H16Si.C12H27NO2Si.C11H27NO3SSi.C10H24O2Si.C10H22OSi/c1-5-6-7-8-9-10-11-12-13-14-15-16-17-18-19-20-21-22(2,3)4;1-15(2,13-9-5-3-6-10-13)14-11-7-4-8-12-14;1-13(2,9-6-8-12(14)15)10-7-11-16(3,4)5;1-12(2,8-6-10-16(13,14)15)9-7-11-17(3,4)5;1-5-10(11)9-12-7-6-8-13(2,3)4;1-12(2,3)8-4-7-11-9-10-5-6-10/h5-21H2,1-4H3;3-12H,1-2H3;6-11H2,1-5H3;6-11H2,1-5H3;10-11H,5-9H2,1-4H3;10H,4-9H2,1-3H3. The van der Waals surface area contributed by atoms with E-state index < -0.39 is 64.5 Å². The van der Waals surface area contributed by atoms with Crippen LogP contribution in [0.3, 0.4) is 0 Å². The molecule has 1 aliphatic rings. The number of quaternary nitrogens is 2.